The van der Waals surface area contributed by atoms with Crippen LogP contribution < -0.4 is 5.32 Å². The lowest BCUT2D eigenvalue weighted by Gasteiger charge is -2.44. The second-order valence-corrected chi connectivity index (χ2v) is 8.71. The highest BCUT2D eigenvalue weighted by molar-refractivity contribution is 6.31. The molecule has 7 heteroatoms. The SMILES string of the molecule is C[C@@H](CNC(=O)[C@@H]1OC(C)(C)OCC1(C)C)CC(=O)c1cc(Cl)ccc1F. The first kappa shape index (κ1) is 21.8. The van der Waals surface area contributed by atoms with Gasteiger partial charge in [0, 0.05) is 23.4 Å². The fourth-order valence-electron chi connectivity index (χ4n) is 2.90. The van der Waals surface area contributed by atoms with E-state index in [2.05, 4.69) is 5.32 Å². The van der Waals surface area contributed by atoms with Gasteiger partial charge in [-0.2, -0.15) is 0 Å². The van der Waals surface area contributed by atoms with Gasteiger partial charge in [0.15, 0.2) is 11.6 Å². The third-order valence-corrected chi connectivity index (χ3v) is 4.76. The van der Waals surface area contributed by atoms with Gasteiger partial charge in [-0.25, -0.2) is 4.39 Å². The summed E-state index contributed by atoms with van der Waals surface area (Å²) in [6, 6.07) is 3.90. The molecular formula is C20H27ClFNO4. The van der Waals surface area contributed by atoms with Crippen molar-refractivity contribution in [2.75, 3.05) is 13.2 Å². The molecule has 0 unspecified atom stereocenters. The maximum absolute atomic E-state index is 13.8. The number of carbonyl (C=O) groups is 2. The number of hydrogen-bond acceptors (Lipinski definition) is 4. The van der Waals surface area contributed by atoms with Crippen LogP contribution in [0.4, 0.5) is 4.39 Å². The molecule has 1 saturated heterocycles. The second kappa shape index (κ2) is 8.25. The van der Waals surface area contributed by atoms with Crippen LogP contribution in [0.25, 0.3) is 0 Å². The number of benzene rings is 1. The molecule has 2 atom stereocenters. The molecule has 2 rings (SSSR count). The predicted octanol–water partition coefficient (Wildman–Crippen LogP) is 3.98. The van der Waals surface area contributed by atoms with Crippen molar-refractivity contribution in [2.24, 2.45) is 11.3 Å². The van der Waals surface area contributed by atoms with Gasteiger partial charge in [-0.3, -0.25) is 9.59 Å². The second-order valence-electron chi connectivity index (χ2n) is 8.28. The summed E-state index contributed by atoms with van der Waals surface area (Å²) in [6.07, 6.45) is -0.560. The van der Waals surface area contributed by atoms with Gasteiger partial charge in [-0.1, -0.05) is 32.4 Å². The highest BCUT2D eigenvalue weighted by atomic mass is 35.5. The topological polar surface area (TPSA) is 64.6 Å². The summed E-state index contributed by atoms with van der Waals surface area (Å²) in [5.74, 6) is -2.19. The minimum absolute atomic E-state index is 0.0312. The van der Waals surface area contributed by atoms with Crippen molar-refractivity contribution in [1.29, 1.82) is 0 Å². The fraction of sp³-hybridized carbons (Fsp3) is 0.600. The lowest BCUT2D eigenvalue weighted by Crippen LogP contribution is -2.56. The summed E-state index contributed by atoms with van der Waals surface area (Å²) in [6.45, 7) is 9.85. The molecule has 0 spiro atoms. The summed E-state index contributed by atoms with van der Waals surface area (Å²) in [7, 11) is 0. The summed E-state index contributed by atoms with van der Waals surface area (Å²) in [5, 5.41) is 3.14. The number of amides is 1. The number of nitrogens with one attached hydrogen (secondary N) is 1. The monoisotopic (exact) mass is 399 g/mol. The first-order chi connectivity index (χ1) is 12.4. The van der Waals surface area contributed by atoms with Crippen molar-refractivity contribution in [3.05, 3.63) is 34.6 Å². The van der Waals surface area contributed by atoms with Crippen molar-refractivity contribution >= 4 is 23.3 Å². The third kappa shape index (κ3) is 5.74. The molecule has 1 N–H and O–H groups in total. The van der Waals surface area contributed by atoms with E-state index in [1.807, 2.05) is 20.8 Å². The Bertz CT molecular complexity index is 720. The van der Waals surface area contributed by atoms with Gasteiger partial charge in [0.25, 0.3) is 0 Å². The van der Waals surface area contributed by atoms with E-state index in [4.69, 9.17) is 21.1 Å². The summed E-state index contributed by atoms with van der Waals surface area (Å²) in [4.78, 5) is 24.9. The van der Waals surface area contributed by atoms with Crippen LogP contribution in [0.2, 0.25) is 5.02 Å². The third-order valence-electron chi connectivity index (χ3n) is 4.53. The van der Waals surface area contributed by atoms with Crippen LogP contribution in [0.5, 0.6) is 0 Å². The van der Waals surface area contributed by atoms with Crippen molar-refractivity contribution in [3.8, 4) is 0 Å². The normalized spacial score (nSPS) is 22.1. The first-order valence-electron chi connectivity index (χ1n) is 8.99. The Morgan fingerprint density at radius 2 is 2.00 bits per heavy atom. The van der Waals surface area contributed by atoms with Gasteiger partial charge in [-0.05, 0) is 38.0 Å². The lowest BCUT2D eigenvalue weighted by molar-refractivity contribution is -0.304. The molecule has 1 aromatic carbocycles. The average molecular weight is 400 g/mol. The standard InChI is InChI=1S/C20H27ClFNO4/c1-12(8-16(24)14-9-13(21)6-7-15(14)22)10-23-18(25)17-19(2,3)11-26-20(4,5)27-17/h6-7,9,12,17H,8,10-11H2,1-5H3,(H,23,25)/t12-,17+/m1/s1. The molecule has 1 heterocycles. The van der Waals surface area contributed by atoms with Crippen LogP contribution in [-0.2, 0) is 14.3 Å². The zero-order valence-electron chi connectivity index (χ0n) is 16.4. The molecular weight excluding hydrogens is 373 g/mol. The van der Waals surface area contributed by atoms with E-state index < -0.39 is 23.1 Å². The first-order valence-corrected chi connectivity index (χ1v) is 9.37. The molecule has 0 bridgehead atoms. The maximum Gasteiger partial charge on any atom is 0.249 e. The Labute approximate surface area is 164 Å². The zero-order chi connectivity index (χ0) is 20.4. The molecule has 0 aromatic heterocycles. The number of halogens is 2. The minimum Gasteiger partial charge on any atom is -0.354 e. The zero-order valence-corrected chi connectivity index (χ0v) is 17.2. The number of hydrogen-bond donors (Lipinski definition) is 1. The number of ketones is 1. The van der Waals surface area contributed by atoms with Crippen LogP contribution in [0.1, 0.15) is 51.4 Å². The summed E-state index contributed by atoms with van der Waals surface area (Å²) >= 11 is 5.84. The van der Waals surface area contributed by atoms with Crippen molar-refractivity contribution < 1.29 is 23.5 Å². The smallest absolute Gasteiger partial charge is 0.249 e. The molecule has 1 aromatic rings. The molecule has 5 nitrogen and oxygen atoms in total. The van der Waals surface area contributed by atoms with E-state index in [1.54, 1.807) is 13.8 Å². The number of rotatable bonds is 6. The largest absolute Gasteiger partial charge is 0.354 e. The van der Waals surface area contributed by atoms with Crippen molar-refractivity contribution in [3.63, 3.8) is 0 Å². The Balaban J connectivity index is 1.92. The van der Waals surface area contributed by atoms with E-state index in [-0.39, 0.29) is 36.1 Å². The van der Waals surface area contributed by atoms with E-state index in [9.17, 15) is 14.0 Å². The number of Topliss-reactive ketones (excluding diaryl/α,β-unsaturated/α-hetero) is 1. The summed E-state index contributed by atoms with van der Waals surface area (Å²) in [5.41, 5.74) is -0.501. The fourth-order valence-corrected chi connectivity index (χ4v) is 3.07. The van der Waals surface area contributed by atoms with Gasteiger partial charge in [-0.15, -0.1) is 0 Å². The van der Waals surface area contributed by atoms with Crippen LogP contribution in [-0.4, -0.2) is 36.7 Å². The Kier molecular flexibility index (Phi) is 6.66. The number of ether oxygens (including phenoxy) is 2. The minimum atomic E-state index is -0.830. The van der Waals surface area contributed by atoms with E-state index in [0.29, 0.717) is 11.6 Å². The molecule has 1 fully saturated rings. The van der Waals surface area contributed by atoms with Crippen LogP contribution in [0, 0.1) is 17.2 Å². The molecule has 0 aliphatic carbocycles. The molecule has 150 valence electrons. The molecule has 0 radical (unpaired) electrons. The van der Waals surface area contributed by atoms with Gasteiger partial charge < -0.3 is 14.8 Å². The predicted molar refractivity (Wildman–Crippen MR) is 101 cm³/mol. The maximum atomic E-state index is 13.8. The molecule has 1 aliphatic heterocycles. The summed E-state index contributed by atoms with van der Waals surface area (Å²) < 4.78 is 25.2. The lowest BCUT2D eigenvalue weighted by atomic mass is 9.85. The number of carbonyl (C=O) groups excluding carboxylic acids is 2. The van der Waals surface area contributed by atoms with Gasteiger partial charge in [0.1, 0.15) is 11.9 Å². The molecule has 0 saturated carbocycles. The molecule has 1 amide bonds. The van der Waals surface area contributed by atoms with E-state index in [0.717, 1.165) is 0 Å². The van der Waals surface area contributed by atoms with Crippen molar-refractivity contribution in [1.82, 2.24) is 5.32 Å². The highest BCUT2D eigenvalue weighted by Gasteiger charge is 2.45. The van der Waals surface area contributed by atoms with Crippen LogP contribution >= 0.6 is 11.6 Å². The Morgan fingerprint density at radius 3 is 2.67 bits per heavy atom. The van der Waals surface area contributed by atoms with Crippen LogP contribution in [0.15, 0.2) is 18.2 Å². The van der Waals surface area contributed by atoms with Crippen molar-refractivity contribution in [2.45, 2.75) is 52.9 Å². The highest BCUT2D eigenvalue weighted by Crippen LogP contribution is 2.34. The van der Waals surface area contributed by atoms with Gasteiger partial charge in [0.2, 0.25) is 5.91 Å². The quantitative estimate of drug-likeness (QED) is 0.735. The average Bonchev–Trinajstić information content (AvgIpc) is 2.57. The Morgan fingerprint density at radius 1 is 1.33 bits per heavy atom. The van der Waals surface area contributed by atoms with E-state index in [1.165, 1.54) is 18.2 Å². The van der Waals surface area contributed by atoms with E-state index >= 15 is 0 Å². The van der Waals surface area contributed by atoms with Gasteiger partial charge >= 0.3 is 0 Å². The molecule has 1 aliphatic rings. The Hall–Kier alpha value is -1.50. The van der Waals surface area contributed by atoms with Crippen LogP contribution in [0.3, 0.4) is 0 Å². The van der Waals surface area contributed by atoms with Gasteiger partial charge in [0.05, 0.1) is 12.2 Å². The molecule has 27 heavy (non-hydrogen) atoms.